The fourth-order valence-corrected chi connectivity index (χ4v) is 7.05. The van der Waals surface area contributed by atoms with E-state index in [1.54, 1.807) is 13.1 Å². The van der Waals surface area contributed by atoms with Gasteiger partial charge in [0.05, 0.1) is 21.9 Å². The van der Waals surface area contributed by atoms with Crippen molar-refractivity contribution < 1.29 is 8.42 Å². The molecule has 23 heavy (non-hydrogen) atoms. The molecule has 0 bridgehead atoms. The van der Waals surface area contributed by atoms with Gasteiger partial charge in [-0.3, -0.25) is 4.98 Å². The molecule has 1 aromatic carbocycles. The van der Waals surface area contributed by atoms with Crippen LogP contribution in [0.15, 0.2) is 47.5 Å². The molecule has 3 heterocycles. The molecule has 120 valence electrons. The van der Waals surface area contributed by atoms with Crippen LogP contribution in [0.4, 0.5) is 0 Å². The fourth-order valence-electron chi connectivity index (χ4n) is 4.36. The van der Waals surface area contributed by atoms with Gasteiger partial charge in [0.25, 0.3) is 0 Å². The lowest BCUT2D eigenvalue weighted by Crippen LogP contribution is -2.38. The van der Waals surface area contributed by atoms with Crippen molar-refractivity contribution in [3.8, 4) is 0 Å². The van der Waals surface area contributed by atoms with E-state index in [1.165, 1.54) is 0 Å². The summed E-state index contributed by atoms with van der Waals surface area (Å²) in [5.41, 5.74) is 2.25. The molecule has 3 unspecified atom stereocenters. The number of aryl methyl sites for hydroxylation is 1. The molecule has 1 fully saturated rings. The van der Waals surface area contributed by atoms with Crippen molar-refractivity contribution in [2.75, 3.05) is 0 Å². The average Bonchev–Trinajstić information content (AvgIpc) is 2.93. The van der Waals surface area contributed by atoms with E-state index in [9.17, 15) is 8.42 Å². The van der Waals surface area contributed by atoms with Crippen LogP contribution in [0.25, 0.3) is 0 Å². The van der Waals surface area contributed by atoms with E-state index >= 15 is 0 Å². The Balaban J connectivity index is 1.96. The molecule has 0 saturated carbocycles. The van der Waals surface area contributed by atoms with E-state index in [0.717, 1.165) is 11.1 Å². The van der Waals surface area contributed by atoms with Crippen molar-refractivity contribution in [2.45, 2.75) is 48.4 Å². The summed E-state index contributed by atoms with van der Waals surface area (Å²) in [6.45, 7) is 5.97. The number of sulfone groups is 1. The highest BCUT2D eigenvalue weighted by Gasteiger charge is 2.60. The normalized spacial score (nSPS) is 30.0. The zero-order valence-electron chi connectivity index (χ0n) is 13.4. The van der Waals surface area contributed by atoms with Crippen LogP contribution in [0, 0.1) is 6.92 Å². The highest BCUT2D eigenvalue weighted by Crippen LogP contribution is 2.55. The zero-order valence-corrected chi connectivity index (χ0v) is 14.3. The van der Waals surface area contributed by atoms with Crippen LogP contribution in [0.5, 0.6) is 0 Å². The van der Waals surface area contributed by atoms with Crippen LogP contribution in [-0.4, -0.2) is 24.2 Å². The molecule has 4 nitrogen and oxygen atoms in total. The summed E-state index contributed by atoms with van der Waals surface area (Å²) in [6.07, 6.45) is 1.72. The lowest BCUT2D eigenvalue weighted by molar-refractivity contribution is 0.396. The molecule has 0 aliphatic carbocycles. The number of pyridine rings is 1. The van der Waals surface area contributed by atoms with Gasteiger partial charge in [0.15, 0.2) is 9.84 Å². The third-order valence-electron chi connectivity index (χ3n) is 5.21. The van der Waals surface area contributed by atoms with Crippen LogP contribution in [0.2, 0.25) is 0 Å². The number of aromatic nitrogens is 1. The summed E-state index contributed by atoms with van der Waals surface area (Å²) < 4.78 is 26.6. The van der Waals surface area contributed by atoms with Crippen molar-refractivity contribution in [1.29, 1.82) is 0 Å². The summed E-state index contributed by atoms with van der Waals surface area (Å²) in [5, 5.41) is 3.09. The zero-order chi connectivity index (χ0) is 16.4. The smallest absolute Gasteiger partial charge is 0.185 e. The van der Waals surface area contributed by atoms with Gasteiger partial charge in [-0.2, -0.15) is 0 Å². The largest absolute Gasteiger partial charge is 0.303 e. The van der Waals surface area contributed by atoms with Gasteiger partial charge in [0.1, 0.15) is 0 Å². The Labute approximate surface area is 136 Å². The first-order valence-corrected chi connectivity index (χ1v) is 9.41. The van der Waals surface area contributed by atoms with Crippen molar-refractivity contribution in [3.05, 3.63) is 59.4 Å². The van der Waals surface area contributed by atoms with Crippen LogP contribution in [0.3, 0.4) is 0 Å². The van der Waals surface area contributed by atoms with Gasteiger partial charge in [-0.05, 0) is 38.0 Å². The SMILES string of the molecule is Cc1nccc2c1S(=O)(=O)C1C(c3ccccc3)NC(C)(C)C21. The standard InChI is InChI=1S/C18H20N2O2S/c1-11-16-13(9-10-19-11)14-17(23(16,21)22)15(20-18(14,2)3)12-7-5-4-6-8-12/h4-10,14-15,17,20H,1-3H3. The van der Waals surface area contributed by atoms with E-state index in [4.69, 9.17) is 0 Å². The first-order chi connectivity index (χ1) is 10.8. The highest BCUT2D eigenvalue weighted by molar-refractivity contribution is 7.92. The quantitative estimate of drug-likeness (QED) is 0.874. The van der Waals surface area contributed by atoms with Crippen molar-refractivity contribution in [1.82, 2.24) is 10.3 Å². The lowest BCUT2D eigenvalue weighted by atomic mass is 9.82. The van der Waals surface area contributed by atoms with Gasteiger partial charge in [-0.25, -0.2) is 8.42 Å². The Morgan fingerprint density at radius 3 is 2.52 bits per heavy atom. The molecule has 3 atom stereocenters. The lowest BCUT2D eigenvalue weighted by Gasteiger charge is -2.26. The minimum absolute atomic E-state index is 0.0607. The van der Waals surface area contributed by atoms with Crippen LogP contribution >= 0.6 is 0 Å². The maximum absolute atomic E-state index is 13.3. The summed E-state index contributed by atoms with van der Waals surface area (Å²) >= 11 is 0. The predicted octanol–water partition coefficient (Wildman–Crippen LogP) is 2.75. The molecule has 2 aliphatic heterocycles. The van der Waals surface area contributed by atoms with Gasteiger partial charge in [0.2, 0.25) is 0 Å². The first kappa shape index (κ1) is 14.8. The molecule has 1 saturated heterocycles. The molecule has 2 aromatic rings. The van der Waals surface area contributed by atoms with E-state index in [2.05, 4.69) is 24.1 Å². The number of rotatable bonds is 1. The van der Waals surface area contributed by atoms with E-state index in [1.807, 2.05) is 36.4 Å². The number of hydrogen-bond donors (Lipinski definition) is 1. The molecule has 0 spiro atoms. The second-order valence-corrected chi connectivity index (χ2v) is 9.10. The van der Waals surface area contributed by atoms with Crippen LogP contribution in [-0.2, 0) is 9.84 Å². The molecule has 5 heteroatoms. The van der Waals surface area contributed by atoms with Crippen LogP contribution in [0.1, 0.15) is 42.6 Å². The van der Waals surface area contributed by atoms with Gasteiger partial charge < -0.3 is 5.32 Å². The number of hydrogen-bond acceptors (Lipinski definition) is 4. The fraction of sp³-hybridized carbons (Fsp3) is 0.389. The number of nitrogens with zero attached hydrogens (tertiary/aromatic N) is 1. The van der Waals surface area contributed by atoms with Crippen LogP contribution < -0.4 is 5.32 Å². The molecule has 1 aromatic heterocycles. The summed E-state index contributed by atoms with van der Waals surface area (Å²) in [6, 6.07) is 11.5. The molecule has 2 aliphatic rings. The Hall–Kier alpha value is -1.72. The Morgan fingerprint density at radius 1 is 1.13 bits per heavy atom. The van der Waals surface area contributed by atoms with E-state index in [0.29, 0.717) is 10.6 Å². The number of nitrogens with one attached hydrogen (secondary N) is 1. The monoisotopic (exact) mass is 328 g/mol. The van der Waals surface area contributed by atoms with Crippen molar-refractivity contribution in [3.63, 3.8) is 0 Å². The van der Waals surface area contributed by atoms with Gasteiger partial charge >= 0.3 is 0 Å². The second kappa shape index (κ2) is 4.65. The predicted molar refractivity (Wildman–Crippen MR) is 89.1 cm³/mol. The molecule has 0 radical (unpaired) electrons. The van der Waals surface area contributed by atoms with Gasteiger partial charge in [0, 0.05) is 17.7 Å². The molecular formula is C18H20N2O2S. The van der Waals surface area contributed by atoms with Gasteiger partial charge in [-0.15, -0.1) is 0 Å². The average molecular weight is 328 g/mol. The van der Waals surface area contributed by atoms with Crippen molar-refractivity contribution in [2.24, 2.45) is 0 Å². The molecule has 0 amide bonds. The Bertz CT molecular complexity index is 875. The minimum atomic E-state index is -3.41. The topological polar surface area (TPSA) is 59.1 Å². The summed E-state index contributed by atoms with van der Waals surface area (Å²) in [5.74, 6) is -0.0607. The maximum Gasteiger partial charge on any atom is 0.185 e. The maximum atomic E-state index is 13.3. The third kappa shape index (κ3) is 1.93. The Kier molecular flexibility index (Phi) is 3.00. The van der Waals surface area contributed by atoms with E-state index < -0.39 is 15.1 Å². The third-order valence-corrected chi connectivity index (χ3v) is 7.57. The Morgan fingerprint density at radius 2 is 1.83 bits per heavy atom. The first-order valence-electron chi connectivity index (χ1n) is 7.86. The molecule has 4 rings (SSSR count). The number of fused-ring (bicyclic) bond motifs is 3. The summed E-state index contributed by atoms with van der Waals surface area (Å²) in [4.78, 5) is 4.67. The highest BCUT2D eigenvalue weighted by atomic mass is 32.2. The number of benzene rings is 1. The second-order valence-electron chi connectivity index (χ2n) is 7.06. The van der Waals surface area contributed by atoms with E-state index in [-0.39, 0.29) is 17.5 Å². The molecular weight excluding hydrogens is 308 g/mol. The summed E-state index contributed by atoms with van der Waals surface area (Å²) in [7, 11) is -3.41. The molecule has 1 N–H and O–H groups in total. The van der Waals surface area contributed by atoms with Crippen molar-refractivity contribution >= 4 is 9.84 Å². The van der Waals surface area contributed by atoms with Gasteiger partial charge in [-0.1, -0.05) is 30.3 Å². The minimum Gasteiger partial charge on any atom is -0.303 e.